The number of aryl methyl sites for hydroxylation is 3. The van der Waals surface area contributed by atoms with Gasteiger partial charge in [0.05, 0.1) is 11.0 Å². The number of benzene rings is 2. The van der Waals surface area contributed by atoms with Gasteiger partial charge < -0.3 is 10.6 Å². The van der Waals surface area contributed by atoms with Gasteiger partial charge in [0.2, 0.25) is 11.8 Å². The van der Waals surface area contributed by atoms with Crippen LogP contribution in [0.1, 0.15) is 44.4 Å². The van der Waals surface area contributed by atoms with E-state index in [2.05, 4.69) is 31.4 Å². The fourth-order valence-electron chi connectivity index (χ4n) is 2.93. The molecule has 0 aliphatic carbocycles. The molecule has 2 N–H and O–H groups in total. The van der Waals surface area contributed by atoms with Crippen molar-refractivity contribution in [2.75, 3.05) is 16.4 Å². The lowest BCUT2D eigenvalue weighted by Crippen LogP contribution is -2.26. The number of rotatable bonds is 9. The minimum absolute atomic E-state index is 0.0688. The maximum Gasteiger partial charge on any atom is 0.237 e. The highest BCUT2D eigenvalue weighted by Crippen LogP contribution is 2.24. The predicted octanol–water partition coefficient (Wildman–Crippen LogP) is 5.07. The van der Waals surface area contributed by atoms with Crippen LogP contribution in [0, 0.1) is 0 Å². The summed E-state index contributed by atoms with van der Waals surface area (Å²) in [4.78, 5) is 24.8. The Labute approximate surface area is 172 Å². The third kappa shape index (κ3) is 6.13. The Hall–Kier alpha value is -2.27. The largest absolute Gasteiger partial charge is 0.325 e. The number of anilines is 2. The smallest absolute Gasteiger partial charge is 0.237 e. The first-order chi connectivity index (χ1) is 13.5. The Kier molecular flexibility index (Phi) is 8.58. The summed E-state index contributed by atoms with van der Waals surface area (Å²) >= 11 is 1.34. The second-order valence-electron chi connectivity index (χ2n) is 6.70. The number of carbonyl (C=O) groups is 2. The highest BCUT2D eigenvalue weighted by molar-refractivity contribution is 8.01. The maximum absolute atomic E-state index is 12.6. The third-order valence-electron chi connectivity index (χ3n) is 4.73. The zero-order chi connectivity index (χ0) is 20.5. The van der Waals surface area contributed by atoms with Gasteiger partial charge in [0.25, 0.3) is 0 Å². The summed E-state index contributed by atoms with van der Waals surface area (Å²) in [6, 6.07) is 14.0. The van der Waals surface area contributed by atoms with Gasteiger partial charge in [0.15, 0.2) is 0 Å². The molecule has 2 aromatic rings. The number of amides is 2. The summed E-state index contributed by atoms with van der Waals surface area (Å²) in [6.07, 6.45) is 2.70. The van der Waals surface area contributed by atoms with Crippen LogP contribution in [0.4, 0.5) is 11.4 Å². The van der Waals surface area contributed by atoms with E-state index in [0.29, 0.717) is 0 Å². The van der Waals surface area contributed by atoms with E-state index in [1.807, 2.05) is 49.4 Å². The van der Waals surface area contributed by atoms with Crippen molar-refractivity contribution in [2.45, 2.75) is 52.2 Å². The monoisotopic (exact) mass is 398 g/mol. The summed E-state index contributed by atoms with van der Waals surface area (Å²) < 4.78 is 0. The zero-order valence-electron chi connectivity index (χ0n) is 17.2. The maximum atomic E-state index is 12.6. The molecule has 150 valence electrons. The van der Waals surface area contributed by atoms with E-state index < -0.39 is 0 Å². The average Bonchev–Trinajstić information content (AvgIpc) is 2.72. The van der Waals surface area contributed by atoms with Crippen LogP contribution in [0.25, 0.3) is 0 Å². The van der Waals surface area contributed by atoms with Crippen molar-refractivity contribution >= 4 is 35.0 Å². The number of hydrogen-bond donors (Lipinski definition) is 2. The standard InChI is InChI=1S/C23H30N2O2S/c1-5-17-11-13-20(14-12-17)24-21(26)15-28-16(4)23(27)25-22-18(6-2)9-8-10-19(22)7-3/h8-14,16H,5-7,15H2,1-4H3,(H,24,26)(H,25,27)/t16-/m1/s1. The number of thioether (sulfide) groups is 1. The lowest BCUT2D eigenvalue weighted by Gasteiger charge is -2.17. The molecule has 0 bridgehead atoms. The lowest BCUT2D eigenvalue weighted by atomic mass is 10.0. The van der Waals surface area contributed by atoms with E-state index in [4.69, 9.17) is 0 Å². The van der Waals surface area contributed by atoms with Gasteiger partial charge in [-0.3, -0.25) is 9.59 Å². The second kappa shape index (κ2) is 10.9. The second-order valence-corrected chi connectivity index (χ2v) is 8.03. The summed E-state index contributed by atoms with van der Waals surface area (Å²) in [5.41, 5.74) is 5.21. The zero-order valence-corrected chi connectivity index (χ0v) is 18.0. The van der Waals surface area contributed by atoms with Crippen molar-refractivity contribution in [3.63, 3.8) is 0 Å². The van der Waals surface area contributed by atoms with E-state index in [-0.39, 0.29) is 22.8 Å². The van der Waals surface area contributed by atoms with Gasteiger partial charge in [0.1, 0.15) is 0 Å². The molecular formula is C23H30N2O2S. The number of hydrogen-bond acceptors (Lipinski definition) is 3. The fraction of sp³-hybridized carbons (Fsp3) is 0.391. The molecule has 28 heavy (non-hydrogen) atoms. The van der Waals surface area contributed by atoms with E-state index in [9.17, 15) is 9.59 Å². The molecule has 0 aliphatic rings. The number of nitrogens with one attached hydrogen (secondary N) is 2. The Morgan fingerprint density at radius 3 is 2.04 bits per heavy atom. The molecule has 0 radical (unpaired) electrons. The highest BCUT2D eigenvalue weighted by Gasteiger charge is 2.18. The van der Waals surface area contributed by atoms with Crippen LogP contribution in [0.5, 0.6) is 0 Å². The number of carbonyl (C=O) groups excluding carboxylic acids is 2. The lowest BCUT2D eigenvalue weighted by molar-refractivity contribution is -0.115. The number of para-hydroxylation sites is 1. The summed E-state index contributed by atoms with van der Waals surface area (Å²) in [7, 11) is 0. The van der Waals surface area contributed by atoms with Gasteiger partial charge in [-0.2, -0.15) is 0 Å². The Morgan fingerprint density at radius 1 is 0.893 bits per heavy atom. The van der Waals surface area contributed by atoms with Crippen LogP contribution in [0.15, 0.2) is 42.5 Å². The van der Waals surface area contributed by atoms with Crippen LogP contribution in [-0.2, 0) is 28.9 Å². The molecule has 0 aliphatic heterocycles. The van der Waals surface area contributed by atoms with Crippen molar-refractivity contribution in [1.29, 1.82) is 0 Å². The Bertz CT molecular complexity index is 780. The van der Waals surface area contributed by atoms with Crippen molar-refractivity contribution in [2.24, 2.45) is 0 Å². The molecular weight excluding hydrogens is 368 g/mol. The molecule has 2 amide bonds. The van der Waals surface area contributed by atoms with Crippen LogP contribution in [-0.4, -0.2) is 22.8 Å². The van der Waals surface area contributed by atoms with Crippen molar-refractivity contribution in [1.82, 2.24) is 0 Å². The predicted molar refractivity (Wildman–Crippen MR) is 120 cm³/mol. The average molecular weight is 399 g/mol. The van der Waals surface area contributed by atoms with E-state index >= 15 is 0 Å². The van der Waals surface area contributed by atoms with E-state index in [1.54, 1.807) is 0 Å². The molecule has 0 aromatic heterocycles. The van der Waals surface area contributed by atoms with Crippen LogP contribution in [0.2, 0.25) is 0 Å². The molecule has 2 aromatic carbocycles. The molecule has 0 spiro atoms. The van der Waals surface area contributed by atoms with E-state index in [0.717, 1.165) is 41.8 Å². The van der Waals surface area contributed by atoms with Crippen LogP contribution in [0.3, 0.4) is 0 Å². The van der Waals surface area contributed by atoms with Crippen molar-refractivity contribution < 1.29 is 9.59 Å². The fourth-order valence-corrected chi connectivity index (χ4v) is 3.61. The molecule has 0 heterocycles. The van der Waals surface area contributed by atoms with Gasteiger partial charge in [-0.05, 0) is 55.0 Å². The summed E-state index contributed by atoms with van der Waals surface area (Å²) in [5.74, 6) is 0.0676. The molecule has 0 saturated heterocycles. The molecule has 1 atom stereocenters. The van der Waals surface area contributed by atoms with Gasteiger partial charge >= 0.3 is 0 Å². The minimum Gasteiger partial charge on any atom is -0.325 e. The first-order valence-corrected chi connectivity index (χ1v) is 10.9. The van der Waals surface area contributed by atoms with E-state index in [1.165, 1.54) is 17.3 Å². The molecule has 2 rings (SSSR count). The first kappa shape index (κ1) is 22.0. The highest BCUT2D eigenvalue weighted by atomic mass is 32.2. The first-order valence-electron chi connectivity index (χ1n) is 9.90. The molecule has 0 saturated carbocycles. The van der Waals surface area contributed by atoms with Crippen molar-refractivity contribution in [3.05, 3.63) is 59.2 Å². The quantitative estimate of drug-likeness (QED) is 0.620. The molecule has 0 fully saturated rings. The molecule has 0 unspecified atom stereocenters. The normalized spacial score (nSPS) is 11.7. The third-order valence-corrected chi connectivity index (χ3v) is 5.87. The van der Waals surface area contributed by atoms with Gasteiger partial charge in [0, 0.05) is 11.4 Å². The van der Waals surface area contributed by atoms with Gasteiger partial charge in [-0.15, -0.1) is 11.8 Å². The Morgan fingerprint density at radius 2 is 1.50 bits per heavy atom. The molecule has 5 heteroatoms. The van der Waals surface area contributed by atoms with Crippen LogP contribution >= 0.6 is 11.8 Å². The SMILES string of the molecule is CCc1ccc(NC(=O)CS[C@H](C)C(=O)Nc2c(CC)cccc2CC)cc1. The summed E-state index contributed by atoms with van der Waals surface area (Å²) in [5, 5.41) is 5.64. The van der Waals surface area contributed by atoms with Gasteiger partial charge in [-0.25, -0.2) is 0 Å². The molecule has 4 nitrogen and oxygen atoms in total. The van der Waals surface area contributed by atoms with Crippen molar-refractivity contribution in [3.8, 4) is 0 Å². The minimum atomic E-state index is -0.317. The van der Waals surface area contributed by atoms with Crippen LogP contribution < -0.4 is 10.6 Å². The Balaban J connectivity index is 1.89. The topological polar surface area (TPSA) is 58.2 Å². The van der Waals surface area contributed by atoms with Gasteiger partial charge in [-0.1, -0.05) is 51.1 Å². The summed E-state index contributed by atoms with van der Waals surface area (Å²) in [6.45, 7) is 8.10.